The van der Waals surface area contributed by atoms with Gasteiger partial charge in [-0.15, -0.1) is 0 Å². The van der Waals surface area contributed by atoms with E-state index >= 15 is 0 Å². The zero-order valence-electron chi connectivity index (χ0n) is 12.9. The summed E-state index contributed by atoms with van der Waals surface area (Å²) in [5, 5.41) is 6.20. The molecule has 0 radical (unpaired) electrons. The molecule has 0 saturated carbocycles. The van der Waals surface area contributed by atoms with Crippen LogP contribution in [0.3, 0.4) is 0 Å². The molecule has 1 atom stereocenters. The van der Waals surface area contributed by atoms with Crippen molar-refractivity contribution < 1.29 is 13.2 Å². The molecule has 3 N–H and O–H groups in total. The second kappa shape index (κ2) is 7.21. The Balaban J connectivity index is 2.03. The predicted molar refractivity (Wildman–Crippen MR) is 85.3 cm³/mol. The lowest BCUT2D eigenvalue weighted by Gasteiger charge is -2.23. The highest BCUT2D eigenvalue weighted by molar-refractivity contribution is 7.89. The average molecular weight is 325 g/mol. The topological polar surface area (TPSA) is 87.3 Å². The first kappa shape index (κ1) is 16.9. The van der Waals surface area contributed by atoms with Gasteiger partial charge in [0.25, 0.3) is 5.91 Å². The van der Waals surface area contributed by atoms with Crippen LogP contribution in [0.15, 0.2) is 29.2 Å². The van der Waals surface area contributed by atoms with Crippen LogP contribution >= 0.6 is 0 Å². The van der Waals surface area contributed by atoms with Crippen molar-refractivity contribution in [3.05, 3.63) is 29.8 Å². The van der Waals surface area contributed by atoms with Crippen molar-refractivity contribution in [2.75, 3.05) is 13.1 Å². The predicted octanol–water partition coefficient (Wildman–Crippen LogP) is 0.855. The largest absolute Gasteiger partial charge is 0.348 e. The third kappa shape index (κ3) is 4.53. The summed E-state index contributed by atoms with van der Waals surface area (Å²) in [4.78, 5) is 12.3. The lowest BCUT2D eigenvalue weighted by molar-refractivity contribution is 0.0930. The number of hydrogen-bond acceptors (Lipinski definition) is 4. The number of carbonyl (C=O) groups excluding carboxylic acids is 1. The molecule has 0 aliphatic carbocycles. The van der Waals surface area contributed by atoms with E-state index in [0.29, 0.717) is 5.56 Å². The highest BCUT2D eigenvalue weighted by Crippen LogP contribution is 2.12. The van der Waals surface area contributed by atoms with E-state index < -0.39 is 10.0 Å². The van der Waals surface area contributed by atoms with Crippen LogP contribution in [0.5, 0.6) is 0 Å². The van der Waals surface area contributed by atoms with Crippen LogP contribution in [-0.2, 0) is 10.0 Å². The summed E-state index contributed by atoms with van der Waals surface area (Å²) >= 11 is 0. The van der Waals surface area contributed by atoms with Crippen molar-refractivity contribution in [1.82, 2.24) is 15.4 Å². The zero-order valence-corrected chi connectivity index (χ0v) is 13.7. The van der Waals surface area contributed by atoms with E-state index in [1.165, 1.54) is 12.1 Å². The van der Waals surface area contributed by atoms with Gasteiger partial charge in [0.1, 0.15) is 0 Å². The Hall–Kier alpha value is -1.44. The average Bonchev–Trinajstić information content (AvgIpc) is 2.47. The van der Waals surface area contributed by atoms with Crippen LogP contribution in [0, 0.1) is 0 Å². The maximum absolute atomic E-state index is 12.1. The standard InChI is InChI=1S/C15H23N3O3S/c1-11(2)18-22(20,21)14-7-5-12(6-8-14)15(19)17-13-4-3-9-16-10-13/h5-8,11,13,16,18H,3-4,9-10H2,1-2H3,(H,17,19)/t13-/m0/s1. The summed E-state index contributed by atoms with van der Waals surface area (Å²) in [6, 6.07) is 5.96. The molecular formula is C15H23N3O3S. The van der Waals surface area contributed by atoms with E-state index in [1.54, 1.807) is 26.0 Å². The molecule has 1 aliphatic rings. The normalized spacial score (nSPS) is 19.1. The summed E-state index contributed by atoms with van der Waals surface area (Å²) < 4.78 is 26.6. The van der Waals surface area contributed by atoms with Gasteiger partial charge < -0.3 is 10.6 Å². The fraction of sp³-hybridized carbons (Fsp3) is 0.533. The Morgan fingerprint density at radius 1 is 1.27 bits per heavy atom. The van der Waals surface area contributed by atoms with E-state index in [1.807, 2.05) is 0 Å². The summed E-state index contributed by atoms with van der Waals surface area (Å²) in [6.07, 6.45) is 2.01. The second-order valence-electron chi connectivity index (χ2n) is 5.82. The van der Waals surface area contributed by atoms with E-state index in [-0.39, 0.29) is 22.9 Å². The fourth-order valence-electron chi connectivity index (χ4n) is 2.41. The molecule has 0 bridgehead atoms. The van der Waals surface area contributed by atoms with Gasteiger partial charge >= 0.3 is 0 Å². The molecule has 6 nitrogen and oxygen atoms in total. The molecule has 0 aromatic heterocycles. The van der Waals surface area contributed by atoms with Gasteiger partial charge in [0.05, 0.1) is 4.90 Å². The van der Waals surface area contributed by atoms with E-state index in [0.717, 1.165) is 25.9 Å². The molecule has 0 unspecified atom stereocenters. The maximum Gasteiger partial charge on any atom is 0.251 e. The minimum Gasteiger partial charge on any atom is -0.348 e. The molecule has 1 aliphatic heterocycles. The van der Waals surface area contributed by atoms with Crippen molar-refractivity contribution >= 4 is 15.9 Å². The maximum atomic E-state index is 12.1. The Kier molecular flexibility index (Phi) is 5.55. The Morgan fingerprint density at radius 3 is 2.50 bits per heavy atom. The lowest BCUT2D eigenvalue weighted by Crippen LogP contribution is -2.45. The van der Waals surface area contributed by atoms with Gasteiger partial charge in [-0.05, 0) is 57.5 Å². The minimum atomic E-state index is -3.52. The van der Waals surface area contributed by atoms with Crippen molar-refractivity contribution in [3.63, 3.8) is 0 Å². The number of benzene rings is 1. The molecule has 1 fully saturated rings. The van der Waals surface area contributed by atoms with E-state index in [4.69, 9.17) is 0 Å². The first-order valence-corrected chi connectivity index (χ1v) is 9.01. The Labute approximate surface area is 131 Å². The quantitative estimate of drug-likeness (QED) is 0.749. The van der Waals surface area contributed by atoms with Gasteiger partial charge in [-0.2, -0.15) is 0 Å². The molecule has 1 saturated heterocycles. The summed E-state index contributed by atoms with van der Waals surface area (Å²) in [5.41, 5.74) is 0.467. The highest BCUT2D eigenvalue weighted by Gasteiger charge is 2.18. The molecular weight excluding hydrogens is 302 g/mol. The fourth-order valence-corrected chi connectivity index (χ4v) is 3.66. The SMILES string of the molecule is CC(C)NS(=O)(=O)c1ccc(C(=O)N[C@H]2CCCNC2)cc1. The lowest BCUT2D eigenvalue weighted by atomic mass is 10.1. The first-order valence-electron chi connectivity index (χ1n) is 7.52. The summed E-state index contributed by atoms with van der Waals surface area (Å²) in [6.45, 7) is 5.29. The molecule has 1 heterocycles. The number of nitrogens with one attached hydrogen (secondary N) is 3. The van der Waals surface area contributed by atoms with Crippen molar-refractivity contribution in [1.29, 1.82) is 0 Å². The summed E-state index contributed by atoms with van der Waals surface area (Å²) in [5.74, 6) is -0.172. The van der Waals surface area contributed by atoms with Crippen molar-refractivity contribution in [2.45, 2.75) is 43.7 Å². The first-order chi connectivity index (χ1) is 10.4. The van der Waals surface area contributed by atoms with Gasteiger partial charge in [-0.1, -0.05) is 0 Å². The molecule has 7 heteroatoms. The molecule has 122 valence electrons. The van der Waals surface area contributed by atoms with Gasteiger partial charge in [-0.3, -0.25) is 4.79 Å². The third-order valence-corrected chi connectivity index (χ3v) is 5.12. The smallest absolute Gasteiger partial charge is 0.251 e. The molecule has 2 rings (SSSR count). The molecule has 1 amide bonds. The molecule has 1 aromatic carbocycles. The van der Waals surface area contributed by atoms with E-state index in [9.17, 15) is 13.2 Å². The molecule has 1 aromatic rings. The van der Waals surface area contributed by atoms with Gasteiger partial charge in [-0.25, -0.2) is 13.1 Å². The van der Waals surface area contributed by atoms with Crippen LogP contribution in [0.4, 0.5) is 0 Å². The Morgan fingerprint density at radius 2 is 1.95 bits per heavy atom. The van der Waals surface area contributed by atoms with Gasteiger partial charge in [0.15, 0.2) is 0 Å². The van der Waals surface area contributed by atoms with Crippen LogP contribution < -0.4 is 15.4 Å². The minimum absolute atomic E-state index is 0.132. The molecule has 22 heavy (non-hydrogen) atoms. The Bertz CT molecular complexity index is 605. The number of amides is 1. The van der Waals surface area contributed by atoms with E-state index in [2.05, 4.69) is 15.4 Å². The van der Waals surface area contributed by atoms with Crippen LogP contribution in [0.25, 0.3) is 0 Å². The third-order valence-electron chi connectivity index (χ3n) is 3.45. The number of piperidine rings is 1. The molecule has 0 spiro atoms. The number of sulfonamides is 1. The van der Waals surface area contributed by atoms with Crippen molar-refractivity contribution in [3.8, 4) is 0 Å². The van der Waals surface area contributed by atoms with Crippen LogP contribution in [0.1, 0.15) is 37.0 Å². The number of carbonyl (C=O) groups is 1. The second-order valence-corrected chi connectivity index (χ2v) is 7.53. The number of hydrogen-bond donors (Lipinski definition) is 3. The summed E-state index contributed by atoms with van der Waals surface area (Å²) in [7, 11) is -3.52. The zero-order chi connectivity index (χ0) is 16.2. The highest BCUT2D eigenvalue weighted by atomic mass is 32.2. The van der Waals surface area contributed by atoms with Crippen LogP contribution in [0.2, 0.25) is 0 Å². The van der Waals surface area contributed by atoms with Gasteiger partial charge in [0, 0.05) is 24.2 Å². The van der Waals surface area contributed by atoms with Crippen molar-refractivity contribution in [2.24, 2.45) is 0 Å². The van der Waals surface area contributed by atoms with Gasteiger partial charge in [0.2, 0.25) is 10.0 Å². The van der Waals surface area contributed by atoms with Crippen LogP contribution in [-0.4, -0.2) is 39.5 Å². The monoisotopic (exact) mass is 325 g/mol. The number of rotatable bonds is 5.